The van der Waals surface area contributed by atoms with E-state index in [1.807, 2.05) is 13.8 Å². The predicted molar refractivity (Wildman–Crippen MR) is 50.4 cm³/mol. The lowest BCUT2D eigenvalue weighted by Crippen LogP contribution is -2.23. The summed E-state index contributed by atoms with van der Waals surface area (Å²) in [5.41, 5.74) is 0.203. The Morgan fingerprint density at radius 1 is 1.36 bits per heavy atom. The summed E-state index contributed by atoms with van der Waals surface area (Å²) in [5, 5.41) is 10.4. The minimum atomic E-state index is -1.16. The molecule has 0 bridgehead atoms. The maximum atomic E-state index is 10.4. The number of hydrogen-bond donors (Lipinski definition) is 0. The molecule has 0 amide bonds. The van der Waals surface area contributed by atoms with Crippen molar-refractivity contribution < 1.29 is 19.4 Å². The number of carboxylic acid groups (broad SMARTS) is 1. The number of hydrogen-bond acceptors (Lipinski definition) is 4. The first kappa shape index (κ1) is 13.1. The van der Waals surface area contributed by atoms with Crippen LogP contribution < -0.4 is 5.11 Å². The van der Waals surface area contributed by atoms with Gasteiger partial charge in [-0.25, -0.2) is 0 Å². The molecule has 0 atom stereocenters. The molecule has 0 heterocycles. The van der Waals surface area contributed by atoms with E-state index >= 15 is 0 Å². The minimum Gasteiger partial charge on any atom is -0.545 e. The van der Waals surface area contributed by atoms with E-state index in [1.54, 1.807) is 6.08 Å². The van der Waals surface area contributed by atoms with E-state index in [4.69, 9.17) is 9.47 Å². The average molecular weight is 201 g/mol. The maximum Gasteiger partial charge on any atom is 0.160 e. The van der Waals surface area contributed by atoms with E-state index in [2.05, 4.69) is 0 Å². The van der Waals surface area contributed by atoms with Crippen LogP contribution in [0.15, 0.2) is 11.6 Å². The van der Waals surface area contributed by atoms with Crippen LogP contribution in [-0.4, -0.2) is 25.5 Å². The molecule has 0 saturated heterocycles. The highest BCUT2D eigenvalue weighted by atomic mass is 16.7. The second kappa shape index (κ2) is 7.53. The van der Waals surface area contributed by atoms with E-state index in [9.17, 15) is 9.90 Å². The van der Waals surface area contributed by atoms with Crippen molar-refractivity contribution in [1.29, 1.82) is 0 Å². The first-order chi connectivity index (χ1) is 6.61. The molecule has 0 N–H and O–H groups in total. The lowest BCUT2D eigenvalue weighted by molar-refractivity contribution is -0.299. The van der Waals surface area contributed by atoms with Gasteiger partial charge in [-0.1, -0.05) is 6.08 Å². The molecular weight excluding hydrogens is 184 g/mol. The molecule has 0 radical (unpaired) electrons. The normalized spacial score (nSPS) is 12.1. The zero-order valence-electron chi connectivity index (χ0n) is 8.91. The molecule has 0 spiro atoms. The molecule has 4 nitrogen and oxygen atoms in total. The highest BCUT2D eigenvalue weighted by Crippen LogP contribution is 2.04. The Bertz CT molecular complexity index is 192. The molecule has 0 aromatic carbocycles. The number of rotatable bonds is 7. The van der Waals surface area contributed by atoms with Gasteiger partial charge in [-0.3, -0.25) is 0 Å². The Balaban J connectivity index is 4.02. The molecule has 0 aromatic rings. The quantitative estimate of drug-likeness (QED) is 0.444. The summed E-state index contributed by atoms with van der Waals surface area (Å²) in [6.45, 7) is 6.30. The molecule has 0 aliphatic rings. The fourth-order valence-corrected chi connectivity index (χ4v) is 0.912. The van der Waals surface area contributed by atoms with E-state index in [0.717, 1.165) is 0 Å². The van der Waals surface area contributed by atoms with Crippen molar-refractivity contribution >= 4 is 5.97 Å². The van der Waals surface area contributed by atoms with Crippen molar-refractivity contribution in [3.05, 3.63) is 11.6 Å². The second-order valence-electron chi connectivity index (χ2n) is 2.75. The molecule has 0 unspecified atom stereocenters. The van der Waals surface area contributed by atoms with E-state index in [0.29, 0.717) is 19.6 Å². The van der Waals surface area contributed by atoms with Gasteiger partial charge < -0.3 is 19.4 Å². The number of carbonyl (C=O) groups is 1. The van der Waals surface area contributed by atoms with Crippen LogP contribution in [-0.2, 0) is 14.3 Å². The zero-order valence-corrected chi connectivity index (χ0v) is 8.91. The Morgan fingerprint density at radius 3 is 2.21 bits per heavy atom. The fraction of sp³-hybridized carbons (Fsp3) is 0.700. The standard InChI is InChI=1S/C10H18O4/c1-4-13-9(14-5-2)7-6-8(3)10(11)12/h6,9H,4-5,7H2,1-3H3,(H,11,12)/p-1. The SMILES string of the molecule is CCOC(CC=C(C)C(=O)[O-])OCC. The molecule has 14 heavy (non-hydrogen) atoms. The summed E-state index contributed by atoms with van der Waals surface area (Å²) < 4.78 is 10.5. The summed E-state index contributed by atoms with van der Waals surface area (Å²) in [4.78, 5) is 10.4. The van der Waals surface area contributed by atoms with Crippen LogP contribution in [0.3, 0.4) is 0 Å². The highest BCUT2D eigenvalue weighted by molar-refractivity contribution is 5.83. The Morgan fingerprint density at radius 2 is 1.86 bits per heavy atom. The van der Waals surface area contributed by atoms with Gasteiger partial charge in [-0.2, -0.15) is 0 Å². The largest absolute Gasteiger partial charge is 0.545 e. The monoisotopic (exact) mass is 201 g/mol. The van der Waals surface area contributed by atoms with Crippen LogP contribution in [0.25, 0.3) is 0 Å². The average Bonchev–Trinajstić information content (AvgIpc) is 2.14. The third-order valence-corrected chi connectivity index (χ3v) is 1.64. The first-order valence-electron chi connectivity index (χ1n) is 4.73. The third kappa shape index (κ3) is 5.72. The molecule has 0 fully saturated rings. The summed E-state index contributed by atoms with van der Waals surface area (Å²) in [7, 11) is 0. The summed E-state index contributed by atoms with van der Waals surface area (Å²) in [6, 6.07) is 0. The lowest BCUT2D eigenvalue weighted by Gasteiger charge is -2.15. The molecule has 0 rings (SSSR count). The summed E-state index contributed by atoms with van der Waals surface area (Å²) in [5.74, 6) is -1.16. The van der Waals surface area contributed by atoms with Gasteiger partial charge in [0.05, 0.1) is 5.97 Å². The number of ether oxygens (including phenoxy) is 2. The van der Waals surface area contributed by atoms with Gasteiger partial charge in [-0.15, -0.1) is 0 Å². The predicted octanol–water partition coefficient (Wildman–Crippen LogP) is 0.472. The molecule has 0 aliphatic carbocycles. The fourth-order valence-electron chi connectivity index (χ4n) is 0.912. The zero-order chi connectivity index (χ0) is 11.0. The molecule has 0 aromatic heterocycles. The van der Waals surface area contributed by atoms with Crippen LogP contribution in [0, 0.1) is 0 Å². The van der Waals surface area contributed by atoms with E-state index in [1.165, 1.54) is 6.92 Å². The Hall–Kier alpha value is -0.870. The van der Waals surface area contributed by atoms with Crippen LogP contribution in [0.1, 0.15) is 27.2 Å². The van der Waals surface area contributed by atoms with Crippen molar-refractivity contribution in [3.63, 3.8) is 0 Å². The third-order valence-electron chi connectivity index (χ3n) is 1.64. The number of carbonyl (C=O) groups excluding carboxylic acids is 1. The smallest absolute Gasteiger partial charge is 0.160 e. The van der Waals surface area contributed by atoms with Gasteiger partial charge in [0, 0.05) is 19.6 Å². The van der Waals surface area contributed by atoms with E-state index < -0.39 is 5.97 Å². The second-order valence-corrected chi connectivity index (χ2v) is 2.75. The molecule has 0 saturated carbocycles. The van der Waals surface area contributed by atoms with Gasteiger partial charge in [0.15, 0.2) is 6.29 Å². The molecule has 82 valence electrons. The topological polar surface area (TPSA) is 58.6 Å². The minimum absolute atomic E-state index is 0.203. The maximum absolute atomic E-state index is 10.4. The van der Waals surface area contributed by atoms with Crippen molar-refractivity contribution in [2.24, 2.45) is 0 Å². The molecular formula is C10H17O4-. The molecule has 0 aliphatic heterocycles. The van der Waals surface area contributed by atoms with Crippen molar-refractivity contribution in [2.45, 2.75) is 33.5 Å². The van der Waals surface area contributed by atoms with E-state index in [-0.39, 0.29) is 11.9 Å². The van der Waals surface area contributed by atoms with Crippen molar-refractivity contribution in [1.82, 2.24) is 0 Å². The van der Waals surface area contributed by atoms with Crippen LogP contribution in [0.4, 0.5) is 0 Å². The number of carboxylic acids is 1. The van der Waals surface area contributed by atoms with Crippen LogP contribution in [0.5, 0.6) is 0 Å². The summed E-state index contributed by atoms with van der Waals surface area (Å²) in [6.07, 6.45) is 1.62. The number of aliphatic carboxylic acids is 1. The first-order valence-corrected chi connectivity index (χ1v) is 4.73. The van der Waals surface area contributed by atoms with Crippen molar-refractivity contribution in [2.75, 3.05) is 13.2 Å². The van der Waals surface area contributed by atoms with Gasteiger partial charge in [0.25, 0.3) is 0 Å². The van der Waals surface area contributed by atoms with Gasteiger partial charge in [0.2, 0.25) is 0 Å². The van der Waals surface area contributed by atoms with Gasteiger partial charge in [0.1, 0.15) is 0 Å². The van der Waals surface area contributed by atoms with Crippen LogP contribution >= 0.6 is 0 Å². The van der Waals surface area contributed by atoms with Gasteiger partial charge >= 0.3 is 0 Å². The van der Waals surface area contributed by atoms with Gasteiger partial charge in [-0.05, 0) is 26.3 Å². The lowest BCUT2D eigenvalue weighted by atomic mass is 10.2. The van der Waals surface area contributed by atoms with Crippen molar-refractivity contribution in [3.8, 4) is 0 Å². The Kier molecular flexibility index (Phi) is 7.06. The molecule has 4 heteroatoms. The van der Waals surface area contributed by atoms with Crippen LogP contribution in [0.2, 0.25) is 0 Å². The summed E-state index contributed by atoms with van der Waals surface area (Å²) >= 11 is 0. The highest BCUT2D eigenvalue weighted by Gasteiger charge is 2.05. The Labute approximate surface area is 84.5 Å².